The van der Waals surface area contributed by atoms with Gasteiger partial charge in [-0.25, -0.2) is 5.43 Å². The van der Waals surface area contributed by atoms with Crippen LogP contribution < -0.4 is 10.7 Å². The molecule has 138 valence electrons. The number of hydrogen-bond acceptors (Lipinski definition) is 3. The number of nitrogens with one attached hydrogen (secondary N) is 2. The largest absolute Gasteiger partial charge is 0.417 e. The highest BCUT2D eigenvalue weighted by molar-refractivity contribution is 6.39. The lowest BCUT2D eigenvalue weighted by Gasteiger charge is -2.11. The monoisotopic (exact) mass is 377 g/mol. The molecule has 0 bridgehead atoms. The third-order valence-electron chi connectivity index (χ3n) is 3.13. The third kappa shape index (κ3) is 6.74. The number of benzene rings is 1. The van der Waals surface area contributed by atoms with Crippen LogP contribution in [0.1, 0.15) is 45.1 Å². The Labute approximate surface area is 148 Å². The predicted molar refractivity (Wildman–Crippen MR) is 90.5 cm³/mol. The predicted octanol–water partition coefficient (Wildman–Crippen LogP) is 4.37. The summed E-state index contributed by atoms with van der Waals surface area (Å²) in [5, 5.41) is 5.49. The molecule has 2 amide bonds. The highest BCUT2D eigenvalue weighted by Crippen LogP contribution is 2.36. The topological polar surface area (TPSA) is 70.6 Å². The first-order valence-electron chi connectivity index (χ1n) is 7.72. The van der Waals surface area contributed by atoms with Crippen molar-refractivity contribution in [2.24, 2.45) is 5.10 Å². The normalized spacial score (nSPS) is 11.0. The lowest BCUT2D eigenvalue weighted by Crippen LogP contribution is -2.33. The van der Waals surface area contributed by atoms with Crippen molar-refractivity contribution < 1.29 is 22.8 Å². The van der Waals surface area contributed by atoms with E-state index in [-0.39, 0.29) is 5.69 Å². The molecule has 0 radical (unpaired) electrons. The maximum Gasteiger partial charge on any atom is 0.417 e. The van der Waals surface area contributed by atoms with Gasteiger partial charge in [0.2, 0.25) is 0 Å². The summed E-state index contributed by atoms with van der Waals surface area (Å²) in [5.74, 6) is -2.18. The molecule has 25 heavy (non-hydrogen) atoms. The number of hydrazone groups is 1. The van der Waals surface area contributed by atoms with Gasteiger partial charge in [0.15, 0.2) is 0 Å². The summed E-state index contributed by atoms with van der Waals surface area (Å²) in [4.78, 5) is 23.5. The van der Waals surface area contributed by atoms with Gasteiger partial charge in [-0.05, 0) is 31.0 Å². The average Bonchev–Trinajstić information content (AvgIpc) is 2.53. The Morgan fingerprint density at radius 3 is 2.24 bits per heavy atom. The average molecular weight is 378 g/mol. The molecule has 0 saturated heterocycles. The number of hydrogen-bond donors (Lipinski definition) is 2. The molecular formula is C16H19ClF3N3O2. The summed E-state index contributed by atoms with van der Waals surface area (Å²) >= 11 is 5.49. The molecule has 0 atom stereocenters. The van der Waals surface area contributed by atoms with Gasteiger partial charge in [-0.15, -0.1) is 0 Å². The molecule has 1 aromatic carbocycles. The Bertz CT molecular complexity index is 653. The molecule has 0 spiro atoms. The van der Waals surface area contributed by atoms with Crippen LogP contribution in [0, 0.1) is 0 Å². The van der Waals surface area contributed by atoms with E-state index in [4.69, 9.17) is 11.6 Å². The van der Waals surface area contributed by atoms with Crippen LogP contribution in [0.2, 0.25) is 5.02 Å². The van der Waals surface area contributed by atoms with Crippen molar-refractivity contribution in [3.63, 3.8) is 0 Å². The van der Waals surface area contributed by atoms with E-state index in [0.717, 1.165) is 24.6 Å². The van der Waals surface area contributed by atoms with Crippen molar-refractivity contribution in [3.05, 3.63) is 28.8 Å². The van der Waals surface area contributed by atoms with Gasteiger partial charge in [0.1, 0.15) is 0 Å². The SMILES string of the molecule is CCCC(CCC)=NNC(=O)C(=O)Nc1ccc(Cl)c(C(F)(F)F)c1. The second kappa shape index (κ2) is 9.41. The summed E-state index contributed by atoms with van der Waals surface area (Å²) in [6.07, 6.45) is -1.62. The molecule has 1 rings (SSSR count). The lowest BCUT2D eigenvalue weighted by atomic mass is 10.1. The Morgan fingerprint density at radius 1 is 1.12 bits per heavy atom. The van der Waals surface area contributed by atoms with E-state index < -0.39 is 28.6 Å². The highest BCUT2D eigenvalue weighted by Gasteiger charge is 2.33. The minimum absolute atomic E-state index is 0.191. The zero-order chi connectivity index (χ0) is 19.0. The van der Waals surface area contributed by atoms with Crippen molar-refractivity contribution >= 4 is 34.8 Å². The maximum absolute atomic E-state index is 12.8. The second-order valence-electron chi connectivity index (χ2n) is 5.27. The first-order valence-corrected chi connectivity index (χ1v) is 8.10. The number of halogens is 4. The van der Waals surface area contributed by atoms with E-state index in [1.165, 1.54) is 6.07 Å². The van der Waals surface area contributed by atoms with Crippen LogP contribution >= 0.6 is 11.6 Å². The fourth-order valence-corrected chi connectivity index (χ4v) is 2.23. The number of carbonyl (C=O) groups is 2. The summed E-state index contributed by atoms with van der Waals surface area (Å²) in [7, 11) is 0. The number of amides is 2. The molecule has 0 aromatic heterocycles. The smallest absolute Gasteiger partial charge is 0.318 e. The molecule has 0 aliphatic carbocycles. The number of nitrogens with zero attached hydrogens (tertiary/aromatic N) is 1. The lowest BCUT2D eigenvalue weighted by molar-refractivity contribution is -0.137. The molecule has 0 unspecified atom stereocenters. The van der Waals surface area contributed by atoms with Crippen LogP contribution in [0.3, 0.4) is 0 Å². The number of anilines is 1. The van der Waals surface area contributed by atoms with E-state index in [0.29, 0.717) is 18.9 Å². The van der Waals surface area contributed by atoms with Gasteiger partial charge in [0.05, 0.1) is 10.6 Å². The van der Waals surface area contributed by atoms with Crippen LogP contribution in [0.15, 0.2) is 23.3 Å². The molecule has 0 aliphatic rings. The number of carbonyl (C=O) groups excluding carboxylic acids is 2. The third-order valence-corrected chi connectivity index (χ3v) is 3.46. The van der Waals surface area contributed by atoms with E-state index in [1.807, 2.05) is 13.8 Å². The second-order valence-corrected chi connectivity index (χ2v) is 5.67. The van der Waals surface area contributed by atoms with E-state index in [2.05, 4.69) is 15.8 Å². The molecule has 0 heterocycles. The van der Waals surface area contributed by atoms with Gasteiger partial charge in [-0.3, -0.25) is 9.59 Å². The van der Waals surface area contributed by atoms with E-state index in [9.17, 15) is 22.8 Å². The summed E-state index contributed by atoms with van der Waals surface area (Å²) in [5.41, 5.74) is 1.57. The first-order chi connectivity index (χ1) is 11.7. The minimum atomic E-state index is -4.67. The summed E-state index contributed by atoms with van der Waals surface area (Å²) in [6.45, 7) is 3.91. The number of alkyl halides is 3. The van der Waals surface area contributed by atoms with Crippen LogP contribution in [0.4, 0.5) is 18.9 Å². The molecule has 0 saturated carbocycles. The molecule has 0 fully saturated rings. The molecule has 2 N–H and O–H groups in total. The Kier molecular flexibility index (Phi) is 7.89. The summed E-state index contributed by atoms with van der Waals surface area (Å²) < 4.78 is 38.4. The van der Waals surface area contributed by atoms with Crippen molar-refractivity contribution in [2.75, 3.05) is 5.32 Å². The molecular weight excluding hydrogens is 359 g/mol. The van der Waals surface area contributed by atoms with E-state index >= 15 is 0 Å². The van der Waals surface area contributed by atoms with Crippen LogP contribution in [-0.2, 0) is 15.8 Å². The Morgan fingerprint density at radius 2 is 1.72 bits per heavy atom. The fraction of sp³-hybridized carbons (Fsp3) is 0.438. The zero-order valence-electron chi connectivity index (χ0n) is 13.8. The van der Waals surface area contributed by atoms with Crippen molar-refractivity contribution in [3.8, 4) is 0 Å². The number of rotatable bonds is 6. The van der Waals surface area contributed by atoms with Crippen molar-refractivity contribution in [2.45, 2.75) is 45.7 Å². The highest BCUT2D eigenvalue weighted by atomic mass is 35.5. The van der Waals surface area contributed by atoms with Crippen molar-refractivity contribution in [1.29, 1.82) is 0 Å². The maximum atomic E-state index is 12.8. The fourth-order valence-electron chi connectivity index (χ4n) is 2.00. The van der Waals surface area contributed by atoms with Crippen molar-refractivity contribution in [1.82, 2.24) is 5.43 Å². The van der Waals surface area contributed by atoms with Gasteiger partial charge in [0.25, 0.3) is 0 Å². The quantitative estimate of drug-likeness (QED) is 0.439. The van der Waals surface area contributed by atoms with E-state index in [1.54, 1.807) is 0 Å². The van der Waals surface area contributed by atoms with Crippen LogP contribution in [0.5, 0.6) is 0 Å². The van der Waals surface area contributed by atoms with Crippen LogP contribution in [-0.4, -0.2) is 17.5 Å². The molecule has 1 aromatic rings. The van der Waals surface area contributed by atoms with Gasteiger partial charge in [-0.2, -0.15) is 18.3 Å². The Hall–Kier alpha value is -2.09. The Balaban J connectivity index is 2.79. The van der Waals surface area contributed by atoms with Gasteiger partial charge in [0, 0.05) is 11.4 Å². The minimum Gasteiger partial charge on any atom is -0.318 e. The molecule has 9 heteroatoms. The molecule has 5 nitrogen and oxygen atoms in total. The first kappa shape index (κ1) is 21.0. The van der Waals surface area contributed by atoms with Gasteiger partial charge < -0.3 is 5.32 Å². The summed E-state index contributed by atoms with van der Waals surface area (Å²) in [6, 6.07) is 2.83. The van der Waals surface area contributed by atoms with Gasteiger partial charge >= 0.3 is 18.0 Å². The zero-order valence-corrected chi connectivity index (χ0v) is 14.6. The molecule has 0 aliphatic heterocycles. The van der Waals surface area contributed by atoms with Crippen LogP contribution in [0.25, 0.3) is 0 Å². The standard InChI is InChI=1S/C16H19ClF3N3O2/c1-3-5-10(6-4-2)22-23-15(25)14(24)21-11-7-8-13(17)12(9-11)16(18,19)20/h7-9H,3-6H2,1-2H3,(H,21,24)(H,23,25). The van der Waals surface area contributed by atoms with Gasteiger partial charge in [-0.1, -0.05) is 38.3 Å².